The normalized spacial score (nSPS) is 14.8. The molecule has 1 heterocycles. The molecular weight excluding hydrogens is 402 g/mol. The quantitative estimate of drug-likeness (QED) is 0.502. The molecule has 0 aliphatic carbocycles. The number of sulfonamides is 1. The number of hydrogen-bond acceptors (Lipinski definition) is 5. The zero-order chi connectivity index (χ0) is 20.1. The SMILES string of the molecule is Cc1ccccc1OCCOC(=O)c1ccc(Cl)c(S(=O)(=O)N2CCCC2)c1. The van der Waals surface area contributed by atoms with E-state index in [-0.39, 0.29) is 28.7 Å². The molecule has 0 aromatic heterocycles. The van der Waals surface area contributed by atoms with Crippen molar-refractivity contribution in [3.8, 4) is 5.75 Å². The maximum absolute atomic E-state index is 12.7. The average molecular weight is 424 g/mol. The molecule has 6 nitrogen and oxygen atoms in total. The zero-order valence-electron chi connectivity index (χ0n) is 15.6. The van der Waals surface area contributed by atoms with E-state index in [1.807, 2.05) is 31.2 Å². The van der Waals surface area contributed by atoms with Crippen LogP contribution in [0.3, 0.4) is 0 Å². The van der Waals surface area contributed by atoms with E-state index >= 15 is 0 Å². The summed E-state index contributed by atoms with van der Waals surface area (Å²) in [5.41, 5.74) is 1.13. The predicted molar refractivity (Wildman–Crippen MR) is 106 cm³/mol. The number of halogens is 1. The minimum Gasteiger partial charge on any atom is -0.490 e. The van der Waals surface area contributed by atoms with Crippen molar-refractivity contribution in [2.45, 2.75) is 24.7 Å². The minimum absolute atomic E-state index is 0.0456. The van der Waals surface area contributed by atoms with Crippen LogP contribution >= 0.6 is 11.6 Å². The Labute approximate surface area is 170 Å². The number of para-hydroxylation sites is 1. The van der Waals surface area contributed by atoms with E-state index in [1.165, 1.54) is 22.5 Å². The number of aryl methyl sites for hydroxylation is 1. The van der Waals surface area contributed by atoms with Gasteiger partial charge in [0.15, 0.2) is 0 Å². The zero-order valence-corrected chi connectivity index (χ0v) is 17.1. The molecule has 1 saturated heterocycles. The Morgan fingerprint density at radius 2 is 1.82 bits per heavy atom. The third-order valence-electron chi connectivity index (χ3n) is 4.52. The van der Waals surface area contributed by atoms with E-state index in [1.54, 1.807) is 0 Å². The van der Waals surface area contributed by atoms with Crippen molar-refractivity contribution in [2.75, 3.05) is 26.3 Å². The summed E-state index contributed by atoms with van der Waals surface area (Å²) in [6.07, 6.45) is 1.64. The van der Waals surface area contributed by atoms with Crippen LogP contribution in [-0.4, -0.2) is 45.0 Å². The Morgan fingerprint density at radius 1 is 1.11 bits per heavy atom. The maximum atomic E-state index is 12.7. The first-order valence-corrected chi connectivity index (χ1v) is 10.9. The van der Waals surface area contributed by atoms with Crippen molar-refractivity contribution in [1.82, 2.24) is 4.31 Å². The Balaban J connectivity index is 1.63. The van der Waals surface area contributed by atoms with Gasteiger partial charge in [-0.25, -0.2) is 13.2 Å². The molecule has 0 radical (unpaired) electrons. The summed E-state index contributed by atoms with van der Waals surface area (Å²) < 4.78 is 37.7. The topological polar surface area (TPSA) is 72.9 Å². The number of ether oxygens (including phenoxy) is 2. The van der Waals surface area contributed by atoms with E-state index in [9.17, 15) is 13.2 Å². The van der Waals surface area contributed by atoms with Crippen molar-refractivity contribution in [1.29, 1.82) is 0 Å². The van der Waals surface area contributed by atoms with Crippen LogP contribution in [0.5, 0.6) is 5.75 Å². The van der Waals surface area contributed by atoms with Gasteiger partial charge in [0.2, 0.25) is 10.0 Å². The van der Waals surface area contributed by atoms with Crippen LogP contribution in [0.4, 0.5) is 0 Å². The van der Waals surface area contributed by atoms with Crippen LogP contribution in [-0.2, 0) is 14.8 Å². The molecule has 150 valence electrons. The molecule has 2 aromatic carbocycles. The van der Waals surface area contributed by atoms with E-state index in [2.05, 4.69) is 0 Å². The molecule has 8 heteroatoms. The van der Waals surface area contributed by atoms with Crippen molar-refractivity contribution in [2.24, 2.45) is 0 Å². The number of carbonyl (C=O) groups excluding carboxylic acids is 1. The van der Waals surface area contributed by atoms with Crippen LogP contribution in [0, 0.1) is 6.92 Å². The molecule has 0 N–H and O–H groups in total. The van der Waals surface area contributed by atoms with Crippen molar-refractivity contribution >= 4 is 27.6 Å². The average Bonchev–Trinajstić information content (AvgIpc) is 3.22. The molecule has 0 atom stereocenters. The van der Waals surface area contributed by atoms with E-state index < -0.39 is 16.0 Å². The largest absolute Gasteiger partial charge is 0.490 e. The van der Waals surface area contributed by atoms with Crippen LogP contribution < -0.4 is 4.74 Å². The molecule has 1 aliphatic rings. The molecule has 0 amide bonds. The predicted octanol–water partition coefficient (Wildman–Crippen LogP) is 3.67. The van der Waals surface area contributed by atoms with Gasteiger partial charge in [0.1, 0.15) is 23.9 Å². The molecule has 0 saturated carbocycles. The first-order valence-electron chi connectivity index (χ1n) is 9.05. The second-order valence-electron chi connectivity index (χ2n) is 6.51. The number of nitrogens with zero attached hydrogens (tertiary/aromatic N) is 1. The monoisotopic (exact) mass is 423 g/mol. The smallest absolute Gasteiger partial charge is 0.338 e. The summed E-state index contributed by atoms with van der Waals surface area (Å²) in [5.74, 6) is 0.104. The molecule has 1 fully saturated rings. The molecule has 0 bridgehead atoms. The molecule has 1 aliphatic heterocycles. The van der Waals surface area contributed by atoms with Gasteiger partial charge in [-0.2, -0.15) is 4.31 Å². The van der Waals surface area contributed by atoms with Crippen LogP contribution in [0.25, 0.3) is 0 Å². The fraction of sp³-hybridized carbons (Fsp3) is 0.350. The fourth-order valence-corrected chi connectivity index (χ4v) is 5.00. The minimum atomic E-state index is -3.72. The summed E-state index contributed by atoms with van der Waals surface area (Å²) in [4.78, 5) is 12.2. The number of esters is 1. The number of benzene rings is 2. The Morgan fingerprint density at radius 3 is 2.54 bits per heavy atom. The first kappa shape index (κ1) is 20.6. The lowest BCUT2D eigenvalue weighted by atomic mass is 10.2. The third kappa shape index (κ3) is 4.66. The summed E-state index contributed by atoms with van der Waals surface area (Å²) in [6.45, 7) is 3.09. The molecule has 2 aromatic rings. The van der Waals surface area contributed by atoms with Gasteiger partial charge in [0, 0.05) is 13.1 Å². The highest BCUT2D eigenvalue weighted by molar-refractivity contribution is 7.89. The van der Waals surface area contributed by atoms with Gasteiger partial charge in [0.25, 0.3) is 0 Å². The number of hydrogen-bond donors (Lipinski definition) is 0. The highest BCUT2D eigenvalue weighted by Crippen LogP contribution is 2.28. The standard InChI is InChI=1S/C20H22ClNO5S/c1-15-6-2-3-7-18(15)26-12-13-27-20(23)16-8-9-17(21)19(14-16)28(24,25)22-10-4-5-11-22/h2-3,6-9,14H,4-5,10-13H2,1H3. The summed E-state index contributed by atoms with van der Waals surface area (Å²) in [5, 5.41) is 0.0892. The lowest BCUT2D eigenvalue weighted by Gasteiger charge is -2.17. The van der Waals surface area contributed by atoms with Gasteiger partial charge in [-0.1, -0.05) is 29.8 Å². The molecule has 0 unspecified atom stereocenters. The maximum Gasteiger partial charge on any atom is 0.338 e. The molecular formula is C20H22ClNO5S. The Hall–Kier alpha value is -2.09. The van der Waals surface area contributed by atoms with Crippen LogP contribution in [0.1, 0.15) is 28.8 Å². The van der Waals surface area contributed by atoms with Crippen LogP contribution in [0.2, 0.25) is 5.02 Å². The van der Waals surface area contributed by atoms with Gasteiger partial charge in [-0.15, -0.1) is 0 Å². The van der Waals surface area contributed by atoms with E-state index in [0.29, 0.717) is 13.1 Å². The third-order valence-corrected chi connectivity index (χ3v) is 6.90. The molecule has 0 spiro atoms. The lowest BCUT2D eigenvalue weighted by Crippen LogP contribution is -2.28. The lowest BCUT2D eigenvalue weighted by molar-refractivity contribution is 0.0450. The van der Waals surface area contributed by atoms with Crippen molar-refractivity contribution < 1.29 is 22.7 Å². The second kappa shape index (κ2) is 8.94. The van der Waals surface area contributed by atoms with Crippen LogP contribution in [0.15, 0.2) is 47.4 Å². The highest BCUT2D eigenvalue weighted by Gasteiger charge is 2.29. The summed E-state index contributed by atoms with van der Waals surface area (Å²) >= 11 is 6.10. The van der Waals surface area contributed by atoms with Crippen molar-refractivity contribution in [3.05, 3.63) is 58.6 Å². The molecule has 3 rings (SSSR count). The van der Waals surface area contributed by atoms with E-state index in [0.717, 1.165) is 24.2 Å². The Bertz CT molecular complexity index is 955. The van der Waals surface area contributed by atoms with Gasteiger partial charge in [-0.05, 0) is 49.6 Å². The van der Waals surface area contributed by atoms with Gasteiger partial charge in [-0.3, -0.25) is 0 Å². The second-order valence-corrected chi connectivity index (χ2v) is 8.82. The summed E-state index contributed by atoms with van der Waals surface area (Å²) in [6, 6.07) is 11.7. The summed E-state index contributed by atoms with van der Waals surface area (Å²) in [7, 11) is -3.72. The van der Waals surface area contributed by atoms with Gasteiger partial charge >= 0.3 is 5.97 Å². The van der Waals surface area contributed by atoms with Gasteiger partial charge in [0.05, 0.1) is 10.6 Å². The number of rotatable bonds is 7. The molecule has 28 heavy (non-hydrogen) atoms. The fourth-order valence-electron chi connectivity index (χ4n) is 2.98. The van der Waals surface area contributed by atoms with Crippen molar-refractivity contribution in [3.63, 3.8) is 0 Å². The Kier molecular flexibility index (Phi) is 6.59. The van der Waals surface area contributed by atoms with Gasteiger partial charge < -0.3 is 9.47 Å². The van der Waals surface area contributed by atoms with E-state index in [4.69, 9.17) is 21.1 Å². The first-order chi connectivity index (χ1) is 13.4. The highest BCUT2D eigenvalue weighted by atomic mass is 35.5. The number of carbonyl (C=O) groups is 1.